The Bertz CT molecular complexity index is 1520. The van der Waals surface area contributed by atoms with Gasteiger partial charge >= 0.3 is 6.03 Å². The number of nitrogens with zero attached hydrogens (tertiary/aromatic N) is 3. The molecule has 10 heteroatoms. The van der Waals surface area contributed by atoms with E-state index >= 15 is 0 Å². The summed E-state index contributed by atoms with van der Waals surface area (Å²) in [6.07, 6.45) is 2.16. The summed E-state index contributed by atoms with van der Waals surface area (Å²) >= 11 is 5.47. The molecule has 1 aliphatic heterocycles. The fourth-order valence-corrected chi connectivity index (χ4v) is 4.99. The van der Waals surface area contributed by atoms with Crippen molar-refractivity contribution in [2.45, 2.75) is 32.2 Å². The minimum atomic E-state index is -0.488. The lowest BCUT2D eigenvalue weighted by atomic mass is 10.1. The number of para-hydroxylation sites is 1. The van der Waals surface area contributed by atoms with E-state index in [0.717, 1.165) is 29.5 Å². The molecule has 2 heterocycles. The largest absolute Gasteiger partial charge is 0.361 e. The number of hydrogen-bond acceptors (Lipinski definition) is 5. The van der Waals surface area contributed by atoms with Gasteiger partial charge in [0.15, 0.2) is 5.11 Å². The van der Waals surface area contributed by atoms with Gasteiger partial charge in [-0.2, -0.15) is 9.78 Å². The zero-order valence-corrected chi connectivity index (χ0v) is 22.2. The SMILES string of the molecule is CCCc1nn(C(=O)NNC(=S)N[C@H](Cc2ccccc2)CN2C(=O)c3ccccc3C2=O)c2ccccc12. The van der Waals surface area contributed by atoms with E-state index in [-0.39, 0.29) is 23.5 Å². The number of imide groups is 1. The van der Waals surface area contributed by atoms with Crippen LogP contribution in [0.5, 0.6) is 0 Å². The van der Waals surface area contributed by atoms with Crippen LogP contribution in [0.15, 0.2) is 78.9 Å². The van der Waals surface area contributed by atoms with E-state index in [9.17, 15) is 14.4 Å². The van der Waals surface area contributed by atoms with Crippen LogP contribution in [-0.2, 0) is 12.8 Å². The topological polar surface area (TPSA) is 108 Å². The average Bonchev–Trinajstić information content (AvgIpc) is 3.43. The van der Waals surface area contributed by atoms with E-state index in [1.807, 2.05) is 54.6 Å². The van der Waals surface area contributed by atoms with Crippen molar-refractivity contribution in [2.24, 2.45) is 0 Å². The quantitative estimate of drug-likeness (QED) is 0.186. The second kappa shape index (κ2) is 11.4. The first-order chi connectivity index (χ1) is 19.0. The number of carbonyl (C=O) groups is 3. The summed E-state index contributed by atoms with van der Waals surface area (Å²) in [5.74, 6) is -0.674. The molecule has 4 aromatic rings. The molecule has 0 saturated heterocycles. The Morgan fingerprint density at radius 3 is 2.23 bits per heavy atom. The Morgan fingerprint density at radius 2 is 1.54 bits per heavy atom. The van der Waals surface area contributed by atoms with E-state index in [4.69, 9.17) is 12.2 Å². The van der Waals surface area contributed by atoms with Crippen molar-refractivity contribution < 1.29 is 14.4 Å². The summed E-state index contributed by atoms with van der Waals surface area (Å²) in [7, 11) is 0. The van der Waals surface area contributed by atoms with Crippen LogP contribution in [0.4, 0.5) is 4.79 Å². The fraction of sp³-hybridized carbons (Fsp3) is 0.207. The number of hydrazine groups is 1. The van der Waals surface area contributed by atoms with E-state index in [1.54, 1.807) is 24.3 Å². The van der Waals surface area contributed by atoms with Crippen molar-refractivity contribution >= 4 is 46.1 Å². The number of carbonyl (C=O) groups excluding carboxylic acids is 3. The molecule has 0 radical (unpaired) electrons. The maximum Gasteiger partial charge on any atom is 0.361 e. The molecule has 3 aromatic carbocycles. The molecule has 0 aliphatic carbocycles. The highest BCUT2D eigenvalue weighted by Crippen LogP contribution is 2.23. The Kier molecular flexibility index (Phi) is 7.64. The second-order valence-electron chi connectivity index (χ2n) is 9.31. The average molecular weight is 541 g/mol. The van der Waals surface area contributed by atoms with Gasteiger partial charge in [-0.25, -0.2) is 10.2 Å². The van der Waals surface area contributed by atoms with Crippen molar-refractivity contribution in [3.8, 4) is 0 Å². The van der Waals surface area contributed by atoms with Gasteiger partial charge in [0.2, 0.25) is 0 Å². The number of aromatic nitrogens is 2. The zero-order valence-electron chi connectivity index (χ0n) is 21.4. The molecule has 1 atom stereocenters. The van der Waals surface area contributed by atoms with Crippen molar-refractivity contribution in [1.29, 1.82) is 0 Å². The van der Waals surface area contributed by atoms with Gasteiger partial charge in [0.1, 0.15) is 0 Å². The molecule has 0 fully saturated rings. The summed E-state index contributed by atoms with van der Waals surface area (Å²) in [6.45, 7) is 2.16. The van der Waals surface area contributed by atoms with Crippen LogP contribution >= 0.6 is 12.2 Å². The summed E-state index contributed by atoms with van der Waals surface area (Å²) in [5.41, 5.74) is 8.68. The van der Waals surface area contributed by atoms with Gasteiger partial charge in [0, 0.05) is 11.9 Å². The fourth-order valence-electron chi connectivity index (χ4n) is 4.78. The number of aryl methyl sites for hydroxylation is 1. The van der Waals surface area contributed by atoms with E-state index in [1.165, 1.54) is 9.58 Å². The molecule has 198 valence electrons. The Labute approximate surface area is 231 Å². The number of hydrogen-bond donors (Lipinski definition) is 3. The van der Waals surface area contributed by atoms with E-state index in [2.05, 4.69) is 28.2 Å². The monoisotopic (exact) mass is 540 g/mol. The molecule has 1 aromatic heterocycles. The highest BCUT2D eigenvalue weighted by molar-refractivity contribution is 7.80. The number of benzene rings is 3. The molecule has 0 unspecified atom stereocenters. The molecule has 1 aliphatic rings. The predicted molar refractivity (Wildman–Crippen MR) is 152 cm³/mol. The summed E-state index contributed by atoms with van der Waals surface area (Å²) < 4.78 is 1.32. The second-order valence-corrected chi connectivity index (χ2v) is 9.72. The van der Waals surface area contributed by atoms with Gasteiger partial charge in [0.05, 0.1) is 28.4 Å². The molecule has 0 spiro atoms. The maximum absolute atomic E-state index is 13.0. The number of rotatable bonds is 7. The molecule has 3 N–H and O–H groups in total. The van der Waals surface area contributed by atoms with Gasteiger partial charge in [-0.1, -0.05) is 74.0 Å². The Balaban J connectivity index is 1.28. The minimum absolute atomic E-state index is 0.0984. The highest BCUT2D eigenvalue weighted by atomic mass is 32.1. The molecule has 0 bridgehead atoms. The Hall–Kier alpha value is -4.57. The molecular formula is C29H28N6O3S. The normalized spacial score (nSPS) is 13.3. The van der Waals surface area contributed by atoms with Crippen LogP contribution in [0.2, 0.25) is 0 Å². The molecule has 5 rings (SSSR count). The van der Waals surface area contributed by atoms with Crippen molar-refractivity contribution in [3.05, 3.63) is 101 Å². The molecule has 39 heavy (non-hydrogen) atoms. The number of amides is 3. The van der Waals surface area contributed by atoms with E-state index in [0.29, 0.717) is 23.1 Å². The van der Waals surface area contributed by atoms with Crippen LogP contribution in [0.1, 0.15) is 45.3 Å². The molecule has 3 amide bonds. The van der Waals surface area contributed by atoms with Crippen LogP contribution in [0.3, 0.4) is 0 Å². The van der Waals surface area contributed by atoms with Crippen molar-refractivity contribution in [3.63, 3.8) is 0 Å². The third-order valence-electron chi connectivity index (χ3n) is 6.57. The minimum Gasteiger partial charge on any atom is -0.356 e. The van der Waals surface area contributed by atoms with Crippen molar-refractivity contribution in [2.75, 3.05) is 6.54 Å². The number of thiocarbonyl (C=S) groups is 1. The summed E-state index contributed by atoms with van der Waals surface area (Å²) in [5, 5.41) is 8.73. The third kappa shape index (κ3) is 5.51. The highest BCUT2D eigenvalue weighted by Gasteiger charge is 2.36. The molecular weight excluding hydrogens is 512 g/mol. The summed E-state index contributed by atoms with van der Waals surface area (Å²) in [4.78, 5) is 40.2. The third-order valence-corrected chi connectivity index (χ3v) is 6.79. The van der Waals surface area contributed by atoms with Gasteiger partial charge in [0.25, 0.3) is 11.8 Å². The first-order valence-corrected chi connectivity index (χ1v) is 13.2. The maximum atomic E-state index is 13.0. The number of nitrogens with one attached hydrogen (secondary N) is 3. The lowest BCUT2D eigenvalue weighted by Gasteiger charge is -2.25. The first kappa shape index (κ1) is 26.1. The lowest BCUT2D eigenvalue weighted by molar-refractivity contribution is 0.0641. The van der Waals surface area contributed by atoms with Gasteiger partial charge in [-0.15, -0.1) is 0 Å². The van der Waals surface area contributed by atoms with Crippen molar-refractivity contribution in [1.82, 2.24) is 30.8 Å². The van der Waals surface area contributed by atoms with E-state index < -0.39 is 12.1 Å². The Morgan fingerprint density at radius 1 is 0.897 bits per heavy atom. The number of fused-ring (bicyclic) bond motifs is 2. The predicted octanol–water partition coefficient (Wildman–Crippen LogP) is 3.83. The van der Waals surface area contributed by atoms with Crippen LogP contribution < -0.4 is 16.2 Å². The summed E-state index contributed by atoms with van der Waals surface area (Å²) in [6, 6.07) is 23.2. The van der Waals surface area contributed by atoms with Crippen LogP contribution in [0.25, 0.3) is 10.9 Å². The lowest BCUT2D eigenvalue weighted by Crippen LogP contribution is -2.54. The molecule has 0 saturated carbocycles. The first-order valence-electron chi connectivity index (χ1n) is 12.8. The van der Waals surface area contributed by atoms with Gasteiger partial charge in [-0.3, -0.25) is 19.9 Å². The smallest absolute Gasteiger partial charge is 0.356 e. The van der Waals surface area contributed by atoms with Gasteiger partial charge < -0.3 is 5.32 Å². The molecule has 9 nitrogen and oxygen atoms in total. The van der Waals surface area contributed by atoms with Crippen LogP contribution in [-0.4, -0.2) is 50.2 Å². The van der Waals surface area contributed by atoms with Crippen LogP contribution in [0, 0.1) is 0 Å². The van der Waals surface area contributed by atoms with Gasteiger partial charge in [-0.05, 0) is 48.8 Å². The standard InChI is InChI=1S/C29H28N6O3S/c1-2-10-24-23-15-8-9-16-25(23)35(33-24)29(38)32-31-28(39)30-20(17-19-11-4-3-5-12-19)18-34-26(36)21-13-6-7-14-22(21)27(34)37/h3-9,11-16,20H,2,10,17-18H2,1H3,(H,32,38)(H2,30,31,39)/t20-/m1/s1. The zero-order chi connectivity index (χ0) is 27.4.